The van der Waals surface area contributed by atoms with E-state index in [2.05, 4.69) is 5.32 Å². The molecule has 1 aliphatic rings. The molecule has 0 bridgehead atoms. The Morgan fingerprint density at radius 3 is 2.92 bits per heavy atom. The minimum atomic E-state index is -0.391. The fourth-order valence-electron chi connectivity index (χ4n) is 2.14. The van der Waals surface area contributed by atoms with Crippen LogP contribution in [0.1, 0.15) is 24.2 Å². The molecule has 2 aromatic heterocycles. The van der Waals surface area contributed by atoms with Gasteiger partial charge < -0.3 is 18.9 Å². The molecule has 0 spiro atoms. The third kappa shape index (κ3) is 3.54. The highest BCUT2D eigenvalue weighted by molar-refractivity contribution is 7.80. The standard InChI is InChI=1S/C16H14N2O5S/c1-10(19)22-9-13-5-4-11(23-13)7-14-15(20)18(16(24)17-14)8-12-3-2-6-21-12/h2-7H,8-9H2,1H3,(H,17,24). The number of furan rings is 2. The molecule has 0 atom stereocenters. The largest absolute Gasteiger partial charge is 0.467 e. The third-order valence-corrected chi connectivity index (χ3v) is 3.57. The molecule has 0 aliphatic carbocycles. The van der Waals surface area contributed by atoms with Crippen LogP contribution in [0.4, 0.5) is 0 Å². The van der Waals surface area contributed by atoms with Crippen LogP contribution < -0.4 is 5.32 Å². The van der Waals surface area contributed by atoms with E-state index in [1.54, 1.807) is 30.3 Å². The van der Waals surface area contributed by atoms with E-state index in [0.29, 0.717) is 28.1 Å². The van der Waals surface area contributed by atoms with Crippen LogP contribution >= 0.6 is 12.2 Å². The van der Waals surface area contributed by atoms with Gasteiger partial charge >= 0.3 is 5.97 Å². The van der Waals surface area contributed by atoms with Crippen LogP contribution in [0.5, 0.6) is 0 Å². The van der Waals surface area contributed by atoms with Crippen molar-refractivity contribution in [3.8, 4) is 0 Å². The van der Waals surface area contributed by atoms with Crippen molar-refractivity contribution in [1.82, 2.24) is 10.2 Å². The predicted molar refractivity (Wildman–Crippen MR) is 87.1 cm³/mol. The first kappa shape index (κ1) is 16.0. The zero-order valence-electron chi connectivity index (χ0n) is 12.8. The summed E-state index contributed by atoms with van der Waals surface area (Å²) in [4.78, 5) is 24.6. The van der Waals surface area contributed by atoms with Crippen LogP contribution in [0.3, 0.4) is 0 Å². The van der Waals surface area contributed by atoms with Crippen LogP contribution in [-0.4, -0.2) is 21.9 Å². The Bertz CT molecular complexity index is 806. The molecular weight excluding hydrogens is 332 g/mol. The van der Waals surface area contributed by atoms with Crippen molar-refractivity contribution in [3.63, 3.8) is 0 Å². The number of esters is 1. The van der Waals surface area contributed by atoms with Gasteiger partial charge in [-0.15, -0.1) is 0 Å². The zero-order valence-corrected chi connectivity index (χ0v) is 13.6. The fraction of sp³-hybridized carbons (Fsp3) is 0.188. The van der Waals surface area contributed by atoms with E-state index >= 15 is 0 Å². The summed E-state index contributed by atoms with van der Waals surface area (Å²) < 4.78 is 15.6. The lowest BCUT2D eigenvalue weighted by atomic mass is 10.3. The van der Waals surface area contributed by atoms with Crippen LogP contribution in [0, 0.1) is 0 Å². The molecule has 7 nitrogen and oxygen atoms in total. The van der Waals surface area contributed by atoms with Gasteiger partial charge in [-0.1, -0.05) is 0 Å². The minimum Gasteiger partial charge on any atom is -0.467 e. The van der Waals surface area contributed by atoms with Crippen molar-refractivity contribution in [3.05, 3.63) is 53.5 Å². The predicted octanol–water partition coefficient (Wildman–Crippen LogP) is 2.19. The second kappa shape index (κ2) is 6.71. The van der Waals surface area contributed by atoms with E-state index in [1.165, 1.54) is 18.1 Å². The Hall–Kier alpha value is -2.87. The first-order valence-corrected chi connectivity index (χ1v) is 7.53. The Kier molecular flexibility index (Phi) is 4.48. The summed E-state index contributed by atoms with van der Waals surface area (Å²) in [6.07, 6.45) is 3.09. The molecule has 8 heteroatoms. The van der Waals surface area contributed by atoms with Crippen LogP contribution in [0.25, 0.3) is 6.08 Å². The highest BCUT2D eigenvalue weighted by Crippen LogP contribution is 2.19. The molecule has 1 aliphatic heterocycles. The quantitative estimate of drug-likeness (QED) is 0.505. The Morgan fingerprint density at radius 1 is 1.38 bits per heavy atom. The van der Waals surface area contributed by atoms with E-state index < -0.39 is 5.97 Å². The van der Waals surface area contributed by atoms with Crippen molar-refractivity contribution >= 4 is 35.3 Å². The lowest BCUT2D eigenvalue weighted by molar-refractivity contribution is -0.142. The molecule has 124 valence electrons. The molecule has 0 radical (unpaired) electrons. The average molecular weight is 346 g/mol. The number of nitrogens with zero attached hydrogens (tertiary/aromatic N) is 1. The zero-order chi connectivity index (χ0) is 17.1. The van der Waals surface area contributed by atoms with Crippen molar-refractivity contribution in [2.24, 2.45) is 0 Å². The molecule has 0 aromatic carbocycles. The van der Waals surface area contributed by atoms with Gasteiger partial charge in [-0.2, -0.15) is 0 Å². The maximum Gasteiger partial charge on any atom is 0.303 e. The molecule has 3 heterocycles. The molecule has 1 amide bonds. The summed E-state index contributed by atoms with van der Waals surface area (Å²) >= 11 is 5.18. The number of hydrogen-bond acceptors (Lipinski definition) is 6. The summed E-state index contributed by atoms with van der Waals surface area (Å²) in [7, 11) is 0. The molecule has 1 fully saturated rings. The monoisotopic (exact) mass is 346 g/mol. The Labute approximate surface area is 142 Å². The number of thiocarbonyl (C=S) groups is 1. The molecule has 1 saturated heterocycles. The number of nitrogens with one attached hydrogen (secondary N) is 1. The van der Waals surface area contributed by atoms with E-state index in [4.69, 9.17) is 25.8 Å². The topological polar surface area (TPSA) is 84.9 Å². The average Bonchev–Trinajstić information content (AvgIpc) is 3.25. The van der Waals surface area contributed by atoms with Crippen molar-refractivity contribution in [2.75, 3.05) is 0 Å². The number of carbonyl (C=O) groups is 2. The fourth-order valence-corrected chi connectivity index (χ4v) is 2.40. The third-order valence-electron chi connectivity index (χ3n) is 3.24. The maximum atomic E-state index is 12.4. The molecule has 3 rings (SSSR count). The second-order valence-corrected chi connectivity index (χ2v) is 5.43. The Morgan fingerprint density at radius 2 is 2.21 bits per heavy atom. The van der Waals surface area contributed by atoms with E-state index in [-0.39, 0.29) is 19.1 Å². The first-order valence-electron chi connectivity index (χ1n) is 7.12. The van der Waals surface area contributed by atoms with Gasteiger partial charge in [0.05, 0.1) is 12.8 Å². The SMILES string of the molecule is CC(=O)OCc1ccc(C=C2NC(=S)N(Cc3ccco3)C2=O)o1. The highest BCUT2D eigenvalue weighted by Gasteiger charge is 2.31. The van der Waals surface area contributed by atoms with Gasteiger partial charge in [0.25, 0.3) is 5.91 Å². The molecular formula is C16H14N2O5S. The van der Waals surface area contributed by atoms with Gasteiger partial charge in [0.1, 0.15) is 29.6 Å². The van der Waals surface area contributed by atoms with Crippen LogP contribution in [-0.2, 0) is 27.5 Å². The summed E-state index contributed by atoms with van der Waals surface area (Å²) in [5.74, 6) is 0.913. The van der Waals surface area contributed by atoms with Crippen LogP contribution in [0.15, 0.2) is 45.1 Å². The van der Waals surface area contributed by atoms with Gasteiger partial charge in [0.2, 0.25) is 0 Å². The summed E-state index contributed by atoms with van der Waals surface area (Å²) in [6.45, 7) is 1.62. The van der Waals surface area contributed by atoms with Gasteiger partial charge in [-0.05, 0) is 36.5 Å². The molecule has 0 saturated carbocycles. The van der Waals surface area contributed by atoms with E-state index in [0.717, 1.165) is 0 Å². The maximum absolute atomic E-state index is 12.4. The lowest BCUT2D eigenvalue weighted by Crippen LogP contribution is -2.29. The van der Waals surface area contributed by atoms with E-state index in [1.807, 2.05) is 0 Å². The molecule has 2 aromatic rings. The van der Waals surface area contributed by atoms with Crippen molar-refractivity contribution in [1.29, 1.82) is 0 Å². The highest BCUT2D eigenvalue weighted by atomic mass is 32.1. The van der Waals surface area contributed by atoms with E-state index in [9.17, 15) is 9.59 Å². The molecule has 24 heavy (non-hydrogen) atoms. The molecule has 0 unspecified atom stereocenters. The summed E-state index contributed by atoms with van der Waals surface area (Å²) in [6, 6.07) is 6.87. The van der Waals surface area contributed by atoms with Crippen LogP contribution in [0.2, 0.25) is 0 Å². The summed E-state index contributed by atoms with van der Waals surface area (Å²) in [5, 5.41) is 3.16. The molecule has 1 N–H and O–H groups in total. The van der Waals surface area contributed by atoms with Gasteiger partial charge in [-0.3, -0.25) is 14.5 Å². The Balaban J connectivity index is 1.70. The number of rotatable bonds is 5. The smallest absolute Gasteiger partial charge is 0.303 e. The number of carbonyl (C=O) groups excluding carboxylic acids is 2. The normalized spacial score (nSPS) is 15.9. The lowest BCUT2D eigenvalue weighted by Gasteiger charge is -2.11. The van der Waals surface area contributed by atoms with Crippen molar-refractivity contribution < 1.29 is 23.2 Å². The number of hydrogen-bond donors (Lipinski definition) is 1. The van der Waals surface area contributed by atoms with Gasteiger partial charge in [-0.25, -0.2) is 0 Å². The number of ether oxygens (including phenoxy) is 1. The number of amides is 1. The van der Waals surface area contributed by atoms with Gasteiger partial charge in [0, 0.05) is 13.0 Å². The minimum absolute atomic E-state index is 0.0446. The van der Waals surface area contributed by atoms with Gasteiger partial charge in [0.15, 0.2) is 5.11 Å². The summed E-state index contributed by atoms with van der Waals surface area (Å²) in [5.41, 5.74) is 0.306. The first-order chi connectivity index (χ1) is 11.5. The second-order valence-electron chi connectivity index (χ2n) is 5.04. The van der Waals surface area contributed by atoms with Crippen molar-refractivity contribution in [2.45, 2.75) is 20.1 Å².